The molecule has 29 heavy (non-hydrogen) atoms. The molecule has 0 radical (unpaired) electrons. The molecule has 3 nitrogen and oxygen atoms in total. The maximum absolute atomic E-state index is 12.2. The van der Waals surface area contributed by atoms with Crippen LogP contribution in [0.15, 0.2) is 42.5 Å². The lowest BCUT2D eigenvalue weighted by Gasteiger charge is -2.28. The first-order chi connectivity index (χ1) is 13.8. The Labute approximate surface area is 175 Å². The lowest BCUT2D eigenvalue weighted by molar-refractivity contribution is -0.117. The quantitative estimate of drug-likeness (QED) is 0.445. The van der Waals surface area contributed by atoms with Gasteiger partial charge >= 0.3 is 5.97 Å². The number of rotatable bonds is 9. The molecule has 0 aliphatic heterocycles. The molecule has 0 fully saturated rings. The van der Waals surface area contributed by atoms with E-state index in [-0.39, 0.29) is 23.1 Å². The highest BCUT2D eigenvalue weighted by Gasteiger charge is 2.24. The lowest BCUT2D eigenvalue weighted by atomic mass is 9.76. The molecule has 2 aromatic carbocycles. The van der Waals surface area contributed by atoms with E-state index < -0.39 is 0 Å². The van der Waals surface area contributed by atoms with Crippen molar-refractivity contribution in [2.45, 2.75) is 71.6 Å². The second-order valence-corrected chi connectivity index (χ2v) is 8.15. The van der Waals surface area contributed by atoms with E-state index in [4.69, 9.17) is 4.74 Å². The topological polar surface area (TPSA) is 43.4 Å². The molecule has 0 N–H and O–H groups in total. The van der Waals surface area contributed by atoms with Crippen LogP contribution in [0.3, 0.4) is 0 Å². The van der Waals surface area contributed by atoms with Gasteiger partial charge in [-0.15, -0.1) is 0 Å². The minimum absolute atomic E-state index is 0.111. The number of benzene rings is 2. The van der Waals surface area contributed by atoms with Crippen LogP contribution in [0.1, 0.15) is 87.7 Å². The molecule has 0 saturated carbocycles. The Bertz CT molecular complexity index is 862. The smallest absolute Gasteiger partial charge is 0.337 e. The largest absolute Gasteiger partial charge is 0.465 e. The molecule has 1 atom stereocenters. The van der Waals surface area contributed by atoms with Crippen LogP contribution in [0.25, 0.3) is 11.1 Å². The van der Waals surface area contributed by atoms with Gasteiger partial charge in [0.05, 0.1) is 12.7 Å². The third-order valence-corrected chi connectivity index (χ3v) is 6.37. The van der Waals surface area contributed by atoms with Gasteiger partial charge in [0.2, 0.25) is 0 Å². The molecule has 0 bridgehead atoms. The van der Waals surface area contributed by atoms with Gasteiger partial charge in [-0.3, -0.25) is 0 Å². The zero-order valence-electron chi connectivity index (χ0n) is 18.7. The van der Waals surface area contributed by atoms with Gasteiger partial charge in [-0.1, -0.05) is 58.0 Å². The zero-order valence-corrected chi connectivity index (χ0v) is 18.7. The van der Waals surface area contributed by atoms with Gasteiger partial charge in [0.15, 0.2) is 0 Å². The van der Waals surface area contributed by atoms with Crippen molar-refractivity contribution >= 4 is 11.8 Å². The second-order valence-electron chi connectivity index (χ2n) is 8.15. The number of ether oxygens (including phenoxy) is 1. The Balaban J connectivity index is 2.68. The van der Waals surface area contributed by atoms with Crippen LogP contribution < -0.4 is 0 Å². The number of Topliss-reactive ketones (excluding diaryl/α,β-unsaturated/α-hetero) is 1. The zero-order chi connectivity index (χ0) is 21.6. The summed E-state index contributed by atoms with van der Waals surface area (Å²) in [5.41, 5.74) is 5.15. The standard InChI is InChI=1S/C26H34O3/c1-7-19(15-18(4)27)23-14-13-21(25(28)29-6)17-24(23)20-11-10-12-22(16-20)26(5,8-2)9-3/h10-14,16-17,19H,7-9,15H2,1-6H3. The fourth-order valence-electron chi connectivity index (χ4n) is 3.95. The summed E-state index contributed by atoms with van der Waals surface area (Å²) in [5.74, 6) is -0.0414. The van der Waals surface area contributed by atoms with Gasteiger partial charge < -0.3 is 9.53 Å². The average molecular weight is 395 g/mol. The molecule has 0 spiro atoms. The SMILES string of the molecule is CCC(CC(C)=O)c1ccc(C(=O)OC)cc1-c1cccc(C(C)(CC)CC)c1. The molecule has 0 aromatic heterocycles. The van der Waals surface area contributed by atoms with E-state index in [2.05, 4.69) is 52.0 Å². The van der Waals surface area contributed by atoms with E-state index in [1.165, 1.54) is 12.7 Å². The van der Waals surface area contributed by atoms with Crippen molar-refractivity contribution in [2.24, 2.45) is 0 Å². The first-order valence-electron chi connectivity index (χ1n) is 10.6. The fraction of sp³-hybridized carbons (Fsp3) is 0.462. The van der Waals surface area contributed by atoms with E-state index in [1.54, 1.807) is 13.0 Å². The summed E-state index contributed by atoms with van der Waals surface area (Å²) in [6.45, 7) is 10.5. The Morgan fingerprint density at radius 2 is 1.72 bits per heavy atom. The van der Waals surface area contributed by atoms with Gasteiger partial charge in [0, 0.05) is 6.42 Å². The summed E-state index contributed by atoms with van der Waals surface area (Å²) < 4.78 is 4.94. The summed E-state index contributed by atoms with van der Waals surface area (Å²) in [4.78, 5) is 24.0. The van der Waals surface area contributed by atoms with Crippen molar-refractivity contribution in [1.82, 2.24) is 0 Å². The number of hydrogen-bond acceptors (Lipinski definition) is 3. The summed E-state index contributed by atoms with van der Waals surface area (Å²) in [7, 11) is 1.40. The molecule has 156 valence electrons. The normalized spacial score (nSPS) is 12.5. The lowest BCUT2D eigenvalue weighted by Crippen LogP contribution is -2.19. The van der Waals surface area contributed by atoms with Gasteiger partial charge in [-0.05, 0) is 71.9 Å². The molecule has 2 rings (SSSR count). The van der Waals surface area contributed by atoms with Crippen molar-refractivity contribution in [3.63, 3.8) is 0 Å². The fourth-order valence-corrected chi connectivity index (χ4v) is 3.95. The number of ketones is 1. The predicted octanol–water partition coefficient (Wildman–Crippen LogP) is 6.69. The molecular formula is C26H34O3. The molecule has 0 amide bonds. The maximum atomic E-state index is 12.2. The molecule has 0 aliphatic carbocycles. The van der Waals surface area contributed by atoms with Crippen molar-refractivity contribution < 1.29 is 14.3 Å². The molecule has 1 unspecified atom stereocenters. The third kappa shape index (κ3) is 5.14. The maximum Gasteiger partial charge on any atom is 0.337 e. The van der Waals surface area contributed by atoms with E-state index in [9.17, 15) is 9.59 Å². The van der Waals surface area contributed by atoms with Gasteiger partial charge in [0.25, 0.3) is 0 Å². The van der Waals surface area contributed by atoms with E-state index >= 15 is 0 Å². The summed E-state index contributed by atoms with van der Waals surface area (Å²) in [6, 6.07) is 14.3. The molecule has 0 saturated heterocycles. The second kappa shape index (κ2) is 9.87. The summed E-state index contributed by atoms with van der Waals surface area (Å²) in [6.07, 6.45) is 3.49. The molecule has 0 heterocycles. The Morgan fingerprint density at radius 3 is 2.28 bits per heavy atom. The number of carbonyl (C=O) groups excluding carboxylic acids is 2. The van der Waals surface area contributed by atoms with Crippen LogP contribution in [0.2, 0.25) is 0 Å². The van der Waals surface area contributed by atoms with Gasteiger partial charge in [-0.25, -0.2) is 4.79 Å². The van der Waals surface area contributed by atoms with E-state index in [0.717, 1.165) is 36.0 Å². The summed E-state index contributed by atoms with van der Waals surface area (Å²) in [5, 5.41) is 0. The third-order valence-electron chi connectivity index (χ3n) is 6.37. The Kier molecular flexibility index (Phi) is 7.78. The van der Waals surface area contributed by atoms with E-state index in [1.807, 2.05) is 12.1 Å². The van der Waals surface area contributed by atoms with Crippen LogP contribution in [-0.2, 0) is 14.9 Å². The minimum Gasteiger partial charge on any atom is -0.465 e. The highest BCUT2D eigenvalue weighted by atomic mass is 16.5. The molecule has 2 aromatic rings. The number of methoxy groups -OCH3 is 1. The van der Waals surface area contributed by atoms with Crippen molar-refractivity contribution in [3.8, 4) is 11.1 Å². The van der Waals surface area contributed by atoms with Crippen molar-refractivity contribution in [2.75, 3.05) is 7.11 Å². The first-order valence-corrected chi connectivity index (χ1v) is 10.6. The monoisotopic (exact) mass is 394 g/mol. The Hall–Kier alpha value is -2.42. The number of esters is 1. The number of hydrogen-bond donors (Lipinski definition) is 0. The van der Waals surface area contributed by atoms with Crippen LogP contribution in [0.5, 0.6) is 0 Å². The molecule has 3 heteroatoms. The molecular weight excluding hydrogens is 360 g/mol. The van der Waals surface area contributed by atoms with E-state index in [0.29, 0.717) is 12.0 Å². The van der Waals surface area contributed by atoms with Gasteiger partial charge in [-0.2, -0.15) is 0 Å². The number of carbonyl (C=O) groups is 2. The van der Waals surface area contributed by atoms with Crippen molar-refractivity contribution in [1.29, 1.82) is 0 Å². The van der Waals surface area contributed by atoms with Gasteiger partial charge in [0.1, 0.15) is 5.78 Å². The predicted molar refractivity (Wildman–Crippen MR) is 119 cm³/mol. The van der Waals surface area contributed by atoms with Crippen molar-refractivity contribution in [3.05, 3.63) is 59.2 Å². The van der Waals surface area contributed by atoms with Crippen LogP contribution in [-0.4, -0.2) is 18.9 Å². The highest BCUT2D eigenvalue weighted by Crippen LogP contribution is 2.37. The molecule has 0 aliphatic rings. The van der Waals surface area contributed by atoms with Crippen LogP contribution >= 0.6 is 0 Å². The summed E-state index contributed by atoms with van der Waals surface area (Å²) >= 11 is 0. The van der Waals surface area contributed by atoms with Crippen LogP contribution in [0.4, 0.5) is 0 Å². The first kappa shape index (κ1) is 22.9. The Morgan fingerprint density at radius 1 is 1.03 bits per heavy atom. The minimum atomic E-state index is -0.347. The average Bonchev–Trinajstić information content (AvgIpc) is 2.75. The van der Waals surface area contributed by atoms with Crippen LogP contribution in [0, 0.1) is 0 Å². The highest BCUT2D eigenvalue weighted by molar-refractivity contribution is 5.91.